The van der Waals surface area contributed by atoms with E-state index in [-0.39, 0.29) is 0 Å². The van der Waals surface area contributed by atoms with E-state index in [9.17, 15) is 13.2 Å². The maximum Gasteiger partial charge on any atom is 0.416 e. The van der Waals surface area contributed by atoms with Gasteiger partial charge in [-0.05, 0) is 47.1 Å². The SMILES string of the molecule is CC(C)C(C)Cc1ccc(-c2ccc(C(F)(F)F)cc2)cc1. The van der Waals surface area contributed by atoms with E-state index < -0.39 is 11.7 Å². The van der Waals surface area contributed by atoms with Crippen molar-refractivity contribution in [1.82, 2.24) is 0 Å². The molecule has 0 aliphatic rings. The van der Waals surface area contributed by atoms with Gasteiger partial charge in [0.15, 0.2) is 0 Å². The van der Waals surface area contributed by atoms with E-state index in [0.29, 0.717) is 11.8 Å². The molecule has 2 rings (SSSR count). The Balaban J connectivity index is 2.13. The Morgan fingerprint density at radius 1 is 0.773 bits per heavy atom. The van der Waals surface area contributed by atoms with Gasteiger partial charge in [-0.3, -0.25) is 0 Å². The Labute approximate surface area is 130 Å². The van der Waals surface area contributed by atoms with Crippen molar-refractivity contribution >= 4 is 0 Å². The van der Waals surface area contributed by atoms with E-state index in [4.69, 9.17) is 0 Å². The standard InChI is InChI=1S/C19H21F3/c1-13(2)14(3)12-15-4-6-16(7-5-15)17-8-10-18(11-9-17)19(20,21)22/h4-11,13-14H,12H2,1-3H3. The molecule has 0 saturated heterocycles. The lowest BCUT2D eigenvalue weighted by Gasteiger charge is -2.15. The van der Waals surface area contributed by atoms with Crippen molar-refractivity contribution in [3.63, 3.8) is 0 Å². The first-order chi connectivity index (χ1) is 10.3. The van der Waals surface area contributed by atoms with Gasteiger partial charge >= 0.3 is 6.18 Å². The van der Waals surface area contributed by atoms with Gasteiger partial charge in [-0.2, -0.15) is 13.2 Å². The fourth-order valence-electron chi connectivity index (χ4n) is 2.29. The third-order valence-corrected chi connectivity index (χ3v) is 4.20. The second kappa shape index (κ2) is 6.55. The molecule has 0 N–H and O–H groups in total. The molecule has 1 atom stereocenters. The highest BCUT2D eigenvalue weighted by molar-refractivity contribution is 5.64. The van der Waals surface area contributed by atoms with Gasteiger partial charge < -0.3 is 0 Å². The monoisotopic (exact) mass is 306 g/mol. The van der Waals surface area contributed by atoms with E-state index in [1.165, 1.54) is 17.7 Å². The average molecular weight is 306 g/mol. The molecule has 0 saturated carbocycles. The molecule has 1 unspecified atom stereocenters. The second-order valence-corrected chi connectivity index (χ2v) is 6.20. The quantitative estimate of drug-likeness (QED) is 0.630. The number of hydrogen-bond acceptors (Lipinski definition) is 0. The Kier molecular flexibility index (Phi) is 4.94. The normalized spacial score (nSPS) is 13.4. The number of benzene rings is 2. The summed E-state index contributed by atoms with van der Waals surface area (Å²) in [6.45, 7) is 6.65. The maximum absolute atomic E-state index is 12.6. The maximum atomic E-state index is 12.6. The molecule has 0 spiro atoms. The largest absolute Gasteiger partial charge is 0.416 e. The van der Waals surface area contributed by atoms with Crippen molar-refractivity contribution in [1.29, 1.82) is 0 Å². The minimum Gasteiger partial charge on any atom is -0.166 e. The zero-order valence-corrected chi connectivity index (χ0v) is 13.1. The highest BCUT2D eigenvalue weighted by Gasteiger charge is 2.29. The lowest BCUT2D eigenvalue weighted by molar-refractivity contribution is -0.137. The van der Waals surface area contributed by atoms with Gasteiger partial charge in [0.05, 0.1) is 5.56 Å². The predicted molar refractivity (Wildman–Crippen MR) is 84.6 cm³/mol. The molecule has 2 aromatic carbocycles. The number of alkyl halides is 3. The fraction of sp³-hybridized carbons (Fsp3) is 0.368. The summed E-state index contributed by atoms with van der Waals surface area (Å²) in [6, 6.07) is 13.4. The van der Waals surface area contributed by atoms with Crippen molar-refractivity contribution in [3.8, 4) is 11.1 Å². The Hall–Kier alpha value is -1.77. The van der Waals surface area contributed by atoms with Crippen LogP contribution >= 0.6 is 0 Å². The van der Waals surface area contributed by atoms with Crippen molar-refractivity contribution in [2.45, 2.75) is 33.4 Å². The second-order valence-electron chi connectivity index (χ2n) is 6.20. The van der Waals surface area contributed by atoms with Crippen LogP contribution in [-0.4, -0.2) is 0 Å². The number of hydrogen-bond donors (Lipinski definition) is 0. The first-order valence-electron chi connectivity index (χ1n) is 7.54. The molecule has 3 heteroatoms. The third kappa shape index (κ3) is 4.12. The van der Waals surface area contributed by atoms with Crippen LogP contribution in [0.1, 0.15) is 31.9 Å². The lowest BCUT2D eigenvalue weighted by Crippen LogP contribution is -2.07. The van der Waals surface area contributed by atoms with Gasteiger partial charge in [0.25, 0.3) is 0 Å². The molecule has 2 aromatic rings. The summed E-state index contributed by atoms with van der Waals surface area (Å²) in [7, 11) is 0. The lowest BCUT2D eigenvalue weighted by atomic mass is 9.90. The van der Waals surface area contributed by atoms with E-state index in [2.05, 4.69) is 32.9 Å². The third-order valence-electron chi connectivity index (χ3n) is 4.20. The van der Waals surface area contributed by atoms with Gasteiger partial charge in [0.2, 0.25) is 0 Å². The number of rotatable bonds is 4. The van der Waals surface area contributed by atoms with E-state index >= 15 is 0 Å². The molecular weight excluding hydrogens is 285 g/mol. The molecule has 0 aliphatic heterocycles. The van der Waals surface area contributed by atoms with Crippen LogP contribution in [0.2, 0.25) is 0 Å². The molecule has 0 aromatic heterocycles. The van der Waals surface area contributed by atoms with Crippen molar-refractivity contribution in [2.75, 3.05) is 0 Å². The van der Waals surface area contributed by atoms with E-state index in [0.717, 1.165) is 29.7 Å². The van der Waals surface area contributed by atoms with Gasteiger partial charge in [0.1, 0.15) is 0 Å². The summed E-state index contributed by atoms with van der Waals surface area (Å²) < 4.78 is 37.7. The van der Waals surface area contributed by atoms with Gasteiger partial charge in [-0.1, -0.05) is 57.2 Å². The molecule has 118 valence electrons. The van der Waals surface area contributed by atoms with Gasteiger partial charge in [0, 0.05) is 0 Å². The molecule has 0 bridgehead atoms. The highest BCUT2D eigenvalue weighted by Crippen LogP contribution is 2.31. The smallest absolute Gasteiger partial charge is 0.166 e. The van der Waals surface area contributed by atoms with Gasteiger partial charge in [-0.25, -0.2) is 0 Å². The molecule has 0 radical (unpaired) electrons. The minimum atomic E-state index is -4.28. The fourth-order valence-corrected chi connectivity index (χ4v) is 2.29. The highest BCUT2D eigenvalue weighted by atomic mass is 19.4. The first kappa shape index (κ1) is 16.6. The molecule has 0 amide bonds. The molecule has 0 nitrogen and oxygen atoms in total. The average Bonchev–Trinajstić information content (AvgIpc) is 2.47. The Bertz CT molecular complexity index is 592. The van der Waals surface area contributed by atoms with Crippen LogP contribution in [0.5, 0.6) is 0 Å². The zero-order chi connectivity index (χ0) is 16.3. The summed E-state index contributed by atoms with van der Waals surface area (Å²) in [6.07, 6.45) is -3.26. The van der Waals surface area contributed by atoms with Crippen LogP contribution in [0.25, 0.3) is 11.1 Å². The molecule has 0 fully saturated rings. The van der Waals surface area contributed by atoms with Crippen molar-refractivity contribution < 1.29 is 13.2 Å². The summed E-state index contributed by atoms with van der Waals surface area (Å²) in [5, 5.41) is 0. The van der Waals surface area contributed by atoms with E-state index in [1.807, 2.05) is 12.1 Å². The van der Waals surface area contributed by atoms with Crippen LogP contribution < -0.4 is 0 Å². The summed E-state index contributed by atoms with van der Waals surface area (Å²) in [5.74, 6) is 1.24. The van der Waals surface area contributed by atoms with Crippen LogP contribution in [-0.2, 0) is 12.6 Å². The van der Waals surface area contributed by atoms with Crippen LogP contribution in [0, 0.1) is 11.8 Å². The topological polar surface area (TPSA) is 0 Å². The molecular formula is C19H21F3. The summed E-state index contributed by atoms with van der Waals surface area (Å²) in [5.41, 5.74) is 2.39. The Morgan fingerprint density at radius 2 is 1.23 bits per heavy atom. The molecule has 0 heterocycles. The first-order valence-corrected chi connectivity index (χ1v) is 7.54. The van der Waals surface area contributed by atoms with Crippen LogP contribution in [0.4, 0.5) is 13.2 Å². The summed E-state index contributed by atoms with van der Waals surface area (Å²) in [4.78, 5) is 0. The predicted octanol–water partition coefficient (Wildman–Crippen LogP) is 6.21. The van der Waals surface area contributed by atoms with Gasteiger partial charge in [-0.15, -0.1) is 0 Å². The van der Waals surface area contributed by atoms with Crippen LogP contribution in [0.3, 0.4) is 0 Å². The Morgan fingerprint density at radius 3 is 1.64 bits per heavy atom. The van der Waals surface area contributed by atoms with Crippen molar-refractivity contribution in [2.24, 2.45) is 11.8 Å². The zero-order valence-electron chi connectivity index (χ0n) is 13.1. The molecule has 0 aliphatic carbocycles. The summed E-state index contributed by atoms with van der Waals surface area (Å²) >= 11 is 0. The van der Waals surface area contributed by atoms with Crippen LogP contribution in [0.15, 0.2) is 48.5 Å². The minimum absolute atomic E-state index is 0.608. The van der Waals surface area contributed by atoms with Crippen molar-refractivity contribution in [3.05, 3.63) is 59.7 Å². The molecule has 22 heavy (non-hydrogen) atoms. The van der Waals surface area contributed by atoms with E-state index in [1.54, 1.807) is 0 Å². The number of halogens is 3.